The van der Waals surface area contributed by atoms with Crippen LogP contribution in [0.3, 0.4) is 0 Å². The fraction of sp³-hybridized carbons (Fsp3) is 0.700. The Morgan fingerprint density at radius 2 is 2.17 bits per heavy atom. The first kappa shape index (κ1) is 7.84. The summed E-state index contributed by atoms with van der Waals surface area (Å²) in [5.41, 5.74) is 1.21. The summed E-state index contributed by atoms with van der Waals surface area (Å²) in [6.45, 7) is 0. The van der Waals surface area contributed by atoms with Crippen molar-refractivity contribution in [3.8, 4) is 0 Å². The summed E-state index contributed by atoms with van der Waals surface area (Å²) in [7, 11) is 0. The second kappa shape index (κ2) is 3.30. The molecule has 0 saturated carbocycles. The van der Waals surface area contributed by atoms with Gasteiger partial charge >= 0.3 is 0 Å². The molecule has 1 atom stereocenters. The van der Waals surface area contributed by atoms with E-state index in [9.17, 15) is 4.79 Å². The van der Waals surface area contributed by atoms with Crippen LogP contribution >= 0.6 is 0 Å². The molecule has 0 bridgehead atoms. The lowest BCUT2D eigenvalue weighted by Crippen LogP contribution is -2.25. The number of hydrogen-bond donors (Lipinski definition) is 1. The van der Waals surface area contributed by atoms with Crippen LogP contribution in [0.1, 0.15) is 38.5 Å². The molecule has 2 heteroatoms. The molecule has 2 nitrogen and oxygen atoms in total. The third-order valence-electron chi connectivity index (χ3n) is 2.80. The lowest BCUT2D eigenvalue weighted by atomic mass is 9.89. The Bertz CT molecular complexity index is 220. The fourth-order valence-electron chi connectivity index (χ4n) is 2.13. The first-order valence-electron chi connectivity index (χ1n) is 4.86. The highest BCUT2D eigenvalue weighted by atomic mass is 16.1. The summed E-state index contributed by atoms with van der Waals surface area (Å²) in [4.78, 5) is 11.2. The van der Waals surface area contributed by atoms with Crippen molar-refractivity contribution in [2.75, 3.05) is 0 Å². The van der Waals surface area contributed by atoms with Crippen molar-refractivity contribution in [3.05, 3.63) is 11.8 Å². The van der Waals surface area contributed by atoms with E-state index in [0.29, 0.717) is 12.3 Å². The van der Waals surface area contributed by atoms with E-state index in [2.05, 4.69) is 11.4 Å². The quantitative estimate of drug-likeness (QED) is 0.584. The number of amides is 1. The fourth-order valence-corrected chi connectivity index (χ4v) is 2.13. The molecule has 0 spiro atoms. The highest BCUT2D eigenvalue weighted by Gasteiger charge is 2.22. The van der Waals surface area contributed by atoms with E-state index < -0.39 is 0 Å². The van der Waals surface area contributed by atoms with Crippen LogP contribution in [0.2, 0.25) is 0 Å². The maximum Gasteiger partial charge on any atom is 0.224 e. The zero-order chi connectivity index (χ0) is 8.39. The van der Waals surface area contributed by atoms with Crippen LogP contribution in [0.25, 0.3) is 0 Å². The van der Waals surface area contributed by atoms with Crippen molar-refractivity contribution in [3.63, 3.8) is 0 Å². The Balaban J connectivity index is 2.14. The van der Waals surface area contributed by atoms with E-state index in [1.807, 2.05) is 0 Å². The van der Waals surface area contributed by atoms with E-state index >= 15 is 0 Å². The maximum absolute atomic E-state index is 11.2. The summed E-state index contributed by atoms with van der Waals surface area (Å²) in [5, 5.41) is 3.00. The Morgan fingerprint density at radius 1 is 1.33 bits per heavy atom. The highest BCUT2D eigenvalue weighted by molar-refractivity contribution is 5.78. The monoisotopic (exact) mass is 165 g/mol. The molecule has 0 radical (unpaired) electrons. The van der Waals surface area contributed by atoms with Crippen molar-refractivity contribution >= 4 is 5.91 Å². The molecule has 1 aliphatic heterocycles. The van der Waals surface area contributed by atoms with Gasteiger partial charge in [0, 0.05) is 12.1 Å². The van der Waals surface area contributed by atoms with Gasteiger partial charge < -0.3 is 5.32 Å². The molecule has 1 fully saturated rings. The van der Waals surface area contributed by atoms with Crippen LogP contribution in [-0.4, -0.2) is 5.91 Å². The van der Waals surface area contributed by atoms with Crippen molar-refractivity contribution in [1.29, 1.82) is 0 Å². The first-order valence-corrected chi connectivity index (χ1v) is 4.86. The van der Waals surface area contributed by atoms with E-state index in [4.69, 9.17) is 0 Å². The zero-order valence-corrected chi connectivity index (χ0v) is 7.31. The zero-order valence-electron chi connectivity index (χ0n) is 7.31. The number of fused-ring (bicyclic) bond motifs is 1. The van der Waals surface area contributed by atoms with Gasteiger partial charge in [-0.2, -0.15) is 0 Å². The summed E-state index contributed by atoms with van der Waals surface area (Å²) in [5.74, 6) is 0.871. The molecule has 1 unspecified atom stereocenters. The molecule has 1 aliphatic carbocycles. The van der Waals surface area contributed by atoms with Gasteiger partial charge in [0.2, 0.25) is 5.91 Å². The van der Waals surface area contributed by atoms with Crippen LogP contribution in [0.5, 0.6) is 0 Å². The Labute approximate surface area is 73.0 Å². The number of carbonyl (C=O) groups excluding carboxylic acids is 1. The number of rotatable bonds is 0. The SMILES string of the molecule is O=C1CCCC2CCCC=C2N1. The first-order chi connectivity index (χ1) is 5.86. The van der Waals surface area contributed by atoms with Gasteiger partial charge in [0.1, 0.15) is 0 Å². The summed E-state index contributed by atoms with van der Waals surface area (Å²) in [6.07, 6.45) is 8.89. The van der Waals surface area contributed by atoms with Gasteiger partial charge in [-0.25, -0.2) is 0 Å². The largest absolute Gasteiger partial charge is 0.330 e. The van der Waals surface area contributed by atoms with Gasteiger partial charge in [0.25, 0.3) is 0 Å². The van der Waals surface area contributed by atoms with Gasteiger partial charge in [-0.1, -0.05) is 6.08 Å². The molecule has 1 heterocycles. The van der Waals surface area contributed by atoms with Crippen LogP contribution in [0.15, 0.2) is 11.8 Å². The Kier molecular flexibility index (Phi) is 2.15. The van der Waals surface area contributed by atoms with E-state index in [-0.39, 0.29) is 5.91 Å². The van der Waals surface area contributed by atoms with E-state index in [1.54, 1.807) is 0 Å². The Hall–Kier alpha value is -0.790. The minimum atomic E-state index is 0.214. The average Bonchev–Trinajstić information content (AvgIpc) is 2.25. The molecule has 0 aromatic carbocycles. The van der Waals surface area contributed by atoms with Gasteiger partial charge in [-0.05, 0) is 38.0 Å². The standard InChI is InChI=1S/C10H15NO/c12-10-7-3-5-8-4-1-2-6-9(8)11-10/h6,8H,1-5,7H2,(H,11,12). The van der Waals surface area contributed by atoms with Crippen LogP contribution in [0, 0.1) is 5.92 Å². The van der Waals surface area contributed by atoms with Gasteiger partial charge in [-0.3, -0.25) is 4.79 Å². The molecular formula is C10H15NO. The number of carbonyl (C=O) groups is 1. The third-order valence-corrected chi connectivity index (χ3v) is 2.80. The topological polar surface area (TPSA) is 29.1 Å². The number of nitrogens with one attached hydrogen (secondary N) is 1. The molecule has 1 amide bonds. The van der Waals surface area contributed by atoms with E-state index in [1.165, 1.54) is 25.0 Å². The maximum atomic E-state index is 11.2. The minimum Gasteiger partial charge on any atom is -0.330 e. The minimum absolute atomic E-state index is 0.214. The second-order valence-electron chi connectivity index (χ2n) is 3.73. The van der Waals surface area contributed by atoms with Crippen LogP contribution in [0.4, 0.5) is 0 Å². The molecular weight excluding hydrogens is 150 g/mol. The molecule has 0 aromatic rings. The lowest BCUT2D eigenvalue weighted by molar-refractivity contribution is -0.120. The number of allylic oxidation sites excluding steroid dienone is 2. The third kappa shape index (κ3) is 1.52. The van der Waals surface area contributed by atoms with Crippen molar-refractivity contribution < 1.29 is 4.79 Å². The predicted molar refractivity (Wildman–Crippen MR) is 47.4 cm³/mol. The molecule has 12 heavy (non-hydrogen) atoms. The second-order valence-corrected chi connectivity index (χ2v) is 3.73. The van der Waals surface area contributed by atoms with Crippen LogP contribution in [-0.2, 0) is 4.79 Å². The smallest absolute Gasteiger partial charge is 0.224 e. The Morgan fingerprint density at radius 3 is 3.08 bits per heavy atom. The molecule has 66 valence electrons. The van der Waals surface area contributed by atoms with Crippen molar-refractivity contribution in [2.24, 2.45) is 5.92 Å². The summed E-state index contributed by atoms with van der Waals surface area (Å²) < 4.78 is 0. The lowest BCUT2D eigenvalue weighted by Gasteiger charge is -2.21. The van der Waals surface area contributed by atoms with Crippen molar-refractivity contribution in [2.45, 2.75) is 38.5 Å². The normalized spacial score (nSPS) is 29.8. The molecule has 1 saturated heterocycles. The average molecular weight is 165 g/mol. The molecule has 2 aliphatic rings. The van der Waals surface area contributed by atoms with Crippen LogP contribution < -0.4 is 5.32 Å². The van der Waals surface area contributed by atoms with E-state index in [0.717, 1.165) is 12.8 Å². The molecule has 2 rings (SSSR count). The van der Waals surface area contributed by atoms with Gasteiger partial charge in [-0.15, -0.1) is 0 Å². The highest BCUT2D eigenvalue weighted by Crippen LogP contribution is 2.29. The van der Waals surface area contributed by atoms with Crippen molar-refractivity contribution in [1.82, 2.24) is 5.32 Å². The molecule has 1 N–H and O–H groups in total. The summed E-state index contributed by atoms with van der Waals surface area (Å²) >= 11 is 0. The summed E-state index contributed by atoms with van der Waals surface area (Å²) in [6, 6.07) is 0. The number of hydrogen-bond acceptors (Lipinski definition) is 1. The molecule has 0 aromatic heterocycles. The predicted octanol–water partition coefficient (Wildman–Crippen LogP) is 1.97. The van der Waals surface area contributed by atoms with Gasteiger partial charge in [0.15, 0.2) is 0 Å². The van der Waals surface area contributed by atoms with Gasteiger partial charge in [0.05, 0.1) is 0 Å².